The topological polar surface area (TPSA) is 40.5 Å². The third kappa shape index (κ3) is 5.40. The summed E-state index contributed by atoms with van der Waals surface area (Å²) < 4.78 is 0. The van der Waals surface area contributed by atoms with Gasteiger partial charge in [0.05, 0.1) is 0 Å². The monoisotopic (exact) mass is 356 g/mol. The van der Waals surface area contributed by atoms with Gasteiger partial charge in [-0.15, -0.1) is 0 Å². The molecule has 3 heteroatoms. The van der Waals surface area contributed by atoms with E-state index in [1.807, 2.05) is 18.2 Å². The van der Waals surface area contributed by atoms with E-state index in [0.717, 1.165) is 18.4 Å². The largest absolute Gasteiger partial charge is 0.507 e. The molecule has 0 atom stereocenters. The fraction of sp³-hybridized carbons (Fsp3) is 0.273. The number of rotatable bonds is 6. The molecule has 0 unspecified atom stereocenters. The van der Waals surface area contributed by atoms with Crippen molar-refractivity contribution in [2.75, 3.05) is 0 Å². The number of phenols is 2. The maximum absolute atomic E-state index is 10.3. The van der Waals surface area contributed by atoms with Crippen LogP contribution in [0.4, 0.5) is 0 Å². The Kier molecular flexibility index (Phi) is 6.72. The second-order valence-corrected chi connectivity index (χ2v) is 6.95. The lowest BCUT2D eigenvalue weighted by atomic mass is 9.99. The predicted molar refractivity (Wildman–Crippen MR) is 106 cm³/mol. The molecular weight excluding hydrogens is 332 g/mol. The average Bonchev–Trinajstić information content (AvgIpc) is 2.54. The van der Waals surface area contributed by atoms with E-state index in [4.69, 9.17) is 11.6 Å². The lowest BCUT2D eigenvalue weighted by molar-refractivity contribution is 0.441. The second-order valence-electron chi connectivity index (χ2n) is 6.55. The molecule has 0 spiro atoms. The summed E-state index contributed by atoms with van der Waals surface area (Å²) in [6.45, 7) is 6.26. The Hall–Kier alpha value is -2.19. The van der Waals surface area contributed by atoms with E-state index in [9.17, 15) is 10.2 Å². The quantitative estimate of drug-likeness (QED) is 0.568. The molecule has 0 fully saturated rings. The highest BCUT2D eigenvalue weighted by Gasteiger charge is 2.11. The van der Waals surface area contributed by atoms with Crippen molar-refractivity contribution in [1.29, 1.82) is 0 Å². The van der Waals surface area contributed by atoms with Crippen LogP contribution < -0.4 is 0 Å². The smallest absolute Gasteiger partial charge is 0.123 e. The lowest BCUT2D eigenvalue weighted by Gasteiger charge is -2.11. The number of phenolic OH excluding ortho intramolecular Hbond substituents is 2. The fourth-order valence-corrected chi connectivity index (χ4v) is 2.91. The van der Waals surface area contributed by atoms with Crippen molar-refractivity contribution in [3.05, 3.63) is 70.3 Å². The predicted octanol–water partition coefficient (Wildman–Crippen LogP) is 6.65. The van der Waals surface area contributed by atoms with Crippen LogP contribution in [0.5, 0.6) is 11.5 Å². The molecular formula is C22H25ClO2. The highest BCUT2D eigenvalue weighted by Crippen LogP contribution is 2.36. The zero-order chi connectivity index (χ0) is 18.4. The Morgan fingerprint density at radius 2 is 1.64 bits per heavy atom. The SMILES string of the molecule is CC(C)=CCC/C(C)=C/Cc1c(O)cc(-c2ccccc2Cl)cc1O. The van der Waals surface area contributed by atoms with Gasteiger partial charge in [0.1, 0.15) is 11.5 Å². The van der Waals surface area contributed by atoms with Gasteiger partial charge in [-0.25, -0.2) is 0 Å². The summed E-state index contributed by atoms with van der Waals surface area (Å²) in [5.41, 5.74) is 4.59. The number of benzene rings is 2. The first-order valence-corrected chi connectivity index (χ1v) is 8.85. The Morgan fingerprint density at radius 3 is 2.24 bits per heavy atom. The van der Waals surface area contributed by atoms with Gasteiger partial charge in [0.25, 0.3) is 0 Å². The molecule has 0 radical (unpaired) electrons. The summed E-state index contributed by atoms with van der Waals surface area (Å²) in [7, 11) is 0. The van der Waals surface area contributed by atoms with Crippen LogP contribution in [0.3, 0.4) is 0 Å². The molecule has 0 aliphatic heterocycles. The zero-order valence-electron chi connectivity index (χ0n) is 15.0. The van der Waals surface area contributed by atoms with Crippen molar-refractivity contribution < 1.29 is 10.2 Å². The molecule has 0 aromatic heterocycles. The number of halogens is 1. The molecule has 2 rings (SSSR count). The van der Waals surface area contributed by atoms with E-state index < -0.39 is 0 Å². The van der Waals surface area contributed by atoms with Crippen LogP contribution in [-0.4, -0.2) is 10.2 Å². The molecule has 0 bridgehead atoms. The van der Waals surface area contributed by atoms with Crippen LogP contribution in [0.1, 0.15) is 39.2 Å². The van der Waals surface area contributed by atoms with Crippen molar-refractivity contribution in [2.24, 2.45) is 0 Å². The molecule has 2 aromatic rings. The van der Waals surface area contributed by atoms with Gasteiger partial charge in [0.15, 0.2) is 0 Å². The normalized spacial score (nSPS) is 11.4. The summed E-state index contributed by atoms with van der Waals surface area (Å²) in [5.74, 6) is 0.173. The maximum Gasteiger partial charge on any atom is 0.123 e. The van der Waals surface area contributed by atoms with Gasteiger partial charge in [-0.05, 0) is 63.8 Å². The van der Waals surface area contributed by atoms with Crippen molar-refractivity contribution in [2.45, 2.75) is 40.0 Å². The molecule has 132 valence electrons. The van der Waals surface area contributed by atoms with Crippen LogP contribution in [0, 0.1) is 0 Å². The maximum atomic E-state index is 10.3. The van der Waals surface area contributed by atoms with E-state index in [0.29, 0.717) is 22.6 Å². The van der Waals surface area contributed by atoms with Gasteiger partial charge in [-0.1, -0.05) is 53.1 Å². The summed E-state index contributed by atoms with van der Waals surface area (Å²) >= 11 is 6.20. The first-order chi connectivity index (χ1) is 11.9. The Labute approximate surface area is 155 Å². The third-order valence-electron chi connectivity index (χ3n) is 4.13. The molecule has 2 aromatic carbocycles. The molecule has 0 aliphatic carbocycles. The minimum absolute atomic E-state index is 0.0864. The van der Waals surface area contributed by atoms with E-state index in [-0.39, 0.29) is 11.5 Å². The molecule has 0 heterocycles. The average molecular weight is 357 g/mol. The van der Waals surface area contributed by atoms with Crippen LogP contribution in [0.15, 0.2) is 59.7 Å². The van der Waals surface area contributed by atoms with Gasteiger partial charge < -0.3 is 10.2 Å². The number of aromatic hydroxyl groups is 2. The summed E-state index contributed by atoms with van der Waals surface area (Å²) in [6, 6.07) is 10.7. The van der Waals surface area contributed by atoms with Crippen molar-refractivity contribution in [3.63, 3.8) is 0 Å². The molecule has 2 nitrogen and oxygen atoms in total. The molecule has 0 aliphatic rings. The van der Waals surface area contributed by atoms with Crippen LogP contribution in [0.25, 0.3) is 11.1 Å². The highest BCUT2D eigenvalue weighted by molar-refractivity contribution is 6.33. The van der Waals surface area contributed by atoms with E-state index >= 15 is 0 Å². The number of hydrogen-bond acceptors (Lipinski definition) is 2. The van der Waals surface area contributed by atoms with Gasteiger partial charge >= 0.3 is 0 Å². The Morgan fingerprint density at radius 1 is 1.00 bits per heavy atom. The van der Waals surface area contributed by atoms with Crippen LogP contribution in [-0.2, 0) is 6.42 Å². The molecule has 0 amide bonds. The minimum Gasteiger partial charge on any atom is -0.507 e. The Balaban J connectivity index is 2.18. The number of hydrogen-bond donors (Lipinski definition) is 2. The summed E-state index contributed by atoms with van der Waals surface area (Å²) in [5, 5.41) is 21.3. The van der Waals surface area contributed by atoms with Gasteiger partial charge in [0, 0.05) is 16.1 Å². The second kappa shape index (κ2) is 8.77. The van der Waals surface area contributed by atoms with Crippen molar-refractivity contribution >= 4 is 11.6 Å². The Bertz CT molecular complexity index is 776. The summed E-state index contributed by atoms with van der Waals surface area (Å²) in [4.78, 5) is 0. The fourth-order valence-electron chi connectivity index (χ4n) is 2.67. The molecule has 25 heavy (non-hydrogen) atoms. The molecule has 0 saturated heterocycles. The molecule has 2 N–H and O–H groups in total. The van der Waals surface area contributed by atoms with Crippen LogP contribution in [0.2, 0.25) is 5.02 Å². The zero-order valence-corrected chi connectivity index (χ0v) is 15.8. The minimum atomic E-state index is 0.0864. The van der Waals surface area contributed by atoms with E-state index in [2.05, 4.69) is 32.9 Å². The first-order valence-electron chi connectivity index (χ1n) is 8.47. The van der Waals surface area contributed by atoms with Crippen LogP contribution >= 0.6 is 11.6 Å². The van der Waals surface area contributed by atoms with E-state index in [1.165, 1.54) is 11.1 Å². The third-order valence-corrected chi connectivity index (χ3v) is 4.46. The van der Waals surface area contributed by atoms with Gasteiger partial charge in [-0.2, -0.15) is 0 Å². The standard InChI is InChI=1S/C22H25ClO2/c1-15(2)7-6-8-16(3)11-12-19-21(24)13-17(14-22(19)25)18-9-4-5-10-20(18)23/h4-5,7,9-11,13-14,24-25H,6,8,12H2,1-3H3/b16-11+. The van der Waals surface area contributed by atoms with Crippen molar-refractivity contribution in [3.8, 4) is 22.6 Å². The van der Waals surface area contributed by atoms with Gasteiger partial charge in [-0.3, -0.25) is 0 Å². The highest BCUT2D eigenvalue weighted by atomic mass is 35.5. The first kappa shape index (κ1) is 19.1. The van der Waals surface area contributed by atoms with E-state index in [1.54, 1.807) is 18.2 Å². The van der Waals surface area contributed by atoms with Crippen molar-refractivity contribution in [1.82, 2.24) is 0 Å². The van der Waals surface area contributed by atoms with Gasteiger partial charge in [0.2, 0.25) is 0 Å². The summed E-state index contributed by atoms with van der Waals surface area (Å²) in [6.07, 6.45) is 6.76. The molecule has 0 saturated carbocycles. The lowest BCUT2D eigenvalue weighted by Crippen LogP contribution is -1.89. The number of allylic oxidation sites excluding steroid dienone is 4.